The van der Waals surface area contributed by atoms with Gasteiger partial charge in [0.05, 0.1) is 6.61 Å². The highest BCUT2D eigenvalue weighted by Crippen LogP contribution is 2.06. The Kier molecular flexibility index (Phi) is 13.6. The molecule has 0 spiro atoms. The van der Waals surface area contributed by atoms with Crippen LogP contribution in [0.1, 0.15) is 70.3 Å². The van der Waals surface area contributed by atoms with Crippen LogP contribution in [0.4, 0.5) is 4.79 Å². The summed E-state index contributed by atoms with van der Waals surface area (Å²) in [7, 11) is 0. The van der Waals surface area contributed by atoms with Crippen LogP contribution >= 0.6 is 0 Å². The second-order valence-corrected chi connectivity index (χ2v) is 7.03. The molecule has 28 heavy (non-hydrogen) atoms. The molecule has 0 bridgehead atoms. The fraction of sp³-hybridized carbons (Fsp3) is 0.636. The summed E-state index contributed by atoms with van der Waals surface area (Å²) < 4.78 is 10.4. The average Bonchev–Trinajstić information content (AvgIpc) is 2.71. The van der Waals surface area contributed by atoms with E-state index < -0.39 is 12.1 Å². The molecule has 0 saturated carbocycles. The molecule has 0 aliphatic heterocycles. The van der Waals surface area contributed by atoms with Crippen molar-refractivity contribution in [2.24, 2.45) is 5.73 Å². The van der Waals surface area contributed by atoms with E-state index in [2.05, 4.69) is 12.2 Å². The number of carbonyl (C=O) groups is 2. The molecule has 1 amide bonds. The van der Waals surface area contributed by atoms with Gasteiger partial charge in [0, 0.05) is 6.54 Å². The number of rotatable bonds is 15. The lowest BCUT2D eigenvalue weighted by Crippen LogP contribution is -2.32. The number of hydrogen-bond donors (Lipinski definition) is 2. The maximum atomic E-state index is 11.8. The van der Waals surface area contributed by atoms with Gasteiger partial charge in [0.1, 0.15) is 12.6 Å². The maximum Gasteiger partial charge on any atom is 0.407 e. The zero-order valence-corrected chi connectivity index (χ0v) is 17.2. The number of hydrogen-bond acceptors (Lipinski definition) is 5. The first-order valence-electron chi connectivity index (χ1n) is 10.5. The highest BCUT2D eigenvalue weighted by molar-refractivity contribution is 5.75. The highest BCUT2D eigenvalue weighted by Gasteiger charge is 2.14. The summed E-state index contributed by atoms with van der Waals surface area (Å²) in [5, 5.41) is 2.70. The van der Waals surface area contributed by atoms with Crippen molar-refractivity contribution in [3.63, 3.8) is 0 Å². The third kappa shape index (κ3) is 12.3. The van der Waals surface area contributed by atoms with Gasteiger partial charge in [0.25, 0.3) is 0 Å². The normalized spacial score (nSPS) is 11.6. The van der Waals surface area contributed by atoms with Crippen molar-refractivity contribution in [1.29, 1.82) is 0 Å². The SMILES string of the molecule is CCCCCCCCOC(=O)[C@@H](N)CCCCNC(=O)OCc1ccccc1. The van der Waals surface area contributed by atoms with Gasteiger partial charge in [-0.3, -0.25) is 4.79 Å². The molecule has 1 aromatic rings. The minimum atomic E-state index is -0.592. The van der Waals surface area contributed by atoms with Crippen molar-refractivity contribution in [1.82, 2.24) is 5.32 Å². The average molecular weight is 393 g/mol. The number of esters is 1. The zero-order valence-electron chi connectivity index (χ0n) is 17.2. The number of nitrogens with two attached hydrogens (primary N) is 1. The van der Waals surface area contributed by atoms with Crippen LogP contribution in [0.5, 0.6) is 0 Å². The Morgan fingerprint density at radius 2 is 1.68 bits per heavy atom. The van der Waals surface area contributed by atoms with E-state index in [1.165, 1.54) is 25.7 Å². The van der Waals surface area contributed by atoms with Crippen LogP contribution < -0.4 is 11.1 Å². The van der Waals surface area contributed by atoms with E-state index in [4.69, 9.17) is 15.2 Å². The molecule has 6 heteroatoms. The van der Waals surface area contributed by atoms with Crippen molar-refractivity contribution in [3.8, 4) is 0 Å². The lowest BCUT2D eigenvalue weighted by Gasteiger charge is -2.12. The number of alkyl carbamates (subject to hydrolysis) is 1. The zero-order chi connectivity index (χ0) is 20.5. The number of amides is 1. The second kappa shape index (κ2) is 15.9. The highest BCUT2D eigenvalue weighted by atomic mass is 16.5. The van der Waals surface area contributed by atoms with Crippen molar-refractivity contribution in [2.75, 3.05) is 13.2 Å². The molecular formula is C22H36N2O4. The molecule has 0 aliphatic carbocycles. The smallest absolute Gasteiger partial charge is 0.407 e. The topological polar surface area (TPSA) is 90.6 Å². The van der Waals surface area contributed by atoms with E-state index in [0.717, 1.165) is 31.2 Å². The van der Waals surface area contributed by atoms with E-state index in [0.29, 0.717) is 19.6 Å². The number of nitrogens with one attached hydrogen (secondary N) is 1. The Labute approximate surface area is 169 Å². The van der Waals surface area contributed by atoms with E-state index in [9.17, 15) is 9.59 Å². The summed E-state index contributed by atoms with van der Waals surface area (Å²) in [6.45, 7) is 3.39. The Bertz CT molecular complexity index is 537. The summed E-state index contributed by atoms with van der Waals surface area (Å²) >= 11 is 0. The molecule has 0 aliphatic rings. The van der Waals surface area contributed by atoms with Gasteiger partial charge < -0.3 is 20.5 Å². The second-order valence-electron chi connectivity index (χ2n) is 7.03. The Morgan fingerprint density at radius 3 is 2.43 bits per heavy atom. The van der Waals surface area contributed by atoms with E-state index >= 15 is 0 Å². The molecule has 1 atom stereocenters. The maximum absolute atomic E-state index is 11.8. The number of unbranched alkanes of at least 4 members (excludes halogenated alkanes) is 6. The molecule has 0 radical (unpaired) electrons. The van der Waals surface area contributed by atoms with Crippen LogP contribution in [0.2, 0.25) is 0 Å². The van der Waals surface area contributed by atoms with E-state index in [1.807, 2.05) is 30.3 Å². The molecule has 6 nitrogen and oxygen atoms in total. The van der Waals surface area contributed by atoms with Crippen LogP contribution in [0.3, 0.4) is 0 Å². The quantitative estimate of drug-likeness (QED) is 0.343. The standard InChI is InChI=1S/C22H36N2O4/c1-2-3-4-5-6-12-17-27-21(25)20(23)15-10-11-16-24-22(26)28-18-19-13-8-7-9-14-19/h7-9,13-14,20H,2-6,10-12,15-18,23H2,1H3,(H,24,26)/t20-/m0/s1. The Hall–Kier alpha value is -2.08. The van der Waals surface area contributed by atoms with Crippen LogP contribution in [-0.2, 0) is 20.9 Å². The molecule has 0 unspecified atom stereocenters. The predicted octanol–water partition coefficient (Wildman–Crippen LogP) is 4.31. The lowest BCUT2D eigenvalue weighted by atomic mass is 10.1. The Morgan fingerprint density at radius 1 is 0.964 bits per heavy atom. The van der Waals surface area contributed by atoms with Gasteiger partial charge in [0.2, 0.25) is 0 Å². The van der Waals surface area contributed by atoms with Crippen molar-refractivity contribution in [2.45, 2.75) is 77.4 Å². The van der Waals surface area contributed by atoms with E-state index in [1.54, 1.807) is 0 Å². The van der Waals surface area contributed by atoms with Gasteiger partial charge in [-0.1, -0.05) is 69.4 Å². The van der Waals surface area contributed by atoms with Gasteiger partial charge in [-0.2, -0.15) is 0 Å². The first-order chi connectivity index (χ1) is 13.6. The molecule has 158 valence electrons. The number of ether oxygens (including phenoxy) is 2. The first-order valence-corrected chi connectivity index (χ1v) is 10.5. The third-order valence-electron chi connectivity index (χ3n) is 4.47. The summed E-state index contributed by atoms with van der Waals surface area (Å²) in [4.78, 5) is 23.5. The minimum absolute atomic E-state index is 0.252. The third-order valence-corrected chi connectivity index (χ3v) is 4.47. The monoisotopic (exact) mass is 392 g/mol. The van der Waals surface area contributed by atoms with Gasteiger partial charge in [-0.25, -0.2) is 4.79 Å². The molecular weight excluding hydrogens is 356 g/mol. The minimum Gasteiger partial charge on any atom is -0.465 e. The van der Waals surface area contributed by atoms with Gasteiger partial charge >= 0.3 is 12.1 Å². The molecule has 1 aromatic carbocycles. The van der Waals surface area contributed by atoms with Crippen LogP contribution in [0.25, 0.3) is 0 Å². The molecule has 0 saturated heterocycles. The van der Waals surface area contributed by atoms with Crippen molar-refractivity contribution >= 4 is 12.1 Å². The first kappa shape index (κ1) is 24.0. The summed E-state index contributed by atoms with van der Waals surface area (Å²) in [5.74, 6) is -0.330. The number of benzene rings is 1. The molecule has 0 heterocycles. The van der Waals surface area contributed by atoms with Gasteiger partial charge in [0.15, 0.2) is 0 Å². The van der Waals surface area contributed by atoms with Crippen LogP contribution in [-0.4, -0.2) is 31.3 Å². The lowest BCUT2D eigenvalue weighted by molar-refractivity contribution is -0.145. The molecule has 0 fully saturated rings. The van der Waals surface area contributed by atoms with E-state index in [-0.39, 0.29) is 12.6 Å². The molecule has 3 N–H and O–H groups in total. The fourth-order valence-corrected chi connectivity index (χ4v) is 2.73. The van der Waals surface area contributed by atoms with Crippen LogP contribution in [0.15, 0.2) is 30.3 Å². The largest absolute Gasteiger partial charge is 0.465 e. The summed E-state index contributed by atoms with van der Waals surface area (Å²) in [6, 6.07) is 8.93. The molecule has 1 rings (SSSR count). The van der Waals surface area contributed by atoms with Crippen molar-refractivity contribution < 1.29 is 19.1 Å². The fourth-order valence-electron chi connectivity index (χ4n) is 2.73. The van der Waals surface area contributed by atoms with Gasteiger partial charge in [-0.15, -0.1) is 0 Å². The molecule has 0 aromatic heterocycles. The predicted molar refractivity (Wildman–Crippen MR) is 111 cm³/mol. The number of carbonyl (C=O) groups excluding carboxylic acids is 2. The van der Waals surface area contributed by atoms with Crippen LogP contribution in [0, 0.1) is 0 Å². The summed E-state index contributed by atoms with van der Waals surface area (Å²) in [6.07, 6.45) is 8.52. The Balaban J connectivity index is 1.96. The summed E-state index contributed by atoms with van der Waals surface area (Å²) in [5.41, 5.74) is 6.81. The van der Waals surface area contributed by atoms with Crippen molar-refractivity contribution in [3.05, 3.63) is 35.9 Å². The van der Waals surface area contributed by atoms with Gasteiger partial charge in [-0.05, 0) is 31.2 Å².